The van der Waals surface area contributed by atoms with Crippen molar-refractivity contribution in [3.05, 3.63) is 16.0 Å². The molecule has 0 fully saturated rings. The SMILES string of the molecule is CCCCNC(=O)C(=O)NCC(=O)Nc1sc(C(=O)N(C)C)c(C)c1C(=O)OCC. The molecule has 0 spiro atoms. The number of hydrogen-bond donors (Lipinski definition) is 3. The average Bonchev–Trinajstić information content (AvgIpc) is 3.01. The fourth-order valence-corrected chi connectivity index (χ4v) is 3.56. The van der Waals surface area contributed by atoms with Crippen molar-refractivity contribution in [1.82, 2.24) is 15.5 Å². The van der Waals surface area contributed by atoms with Gasteiger partial charge in [-0.3, -0.25) is 19.2 Å². The first-order valence-electron chi connectivity index (χ1n) is 9.51. The van der Waals surface area contributed by atoms with Gasteiger partial charge in [-0.05, 0) is 25.8 Å². The molecule has 166 valence electrons. The van der Waals surface area contributed by atoms with Crippen molar-refractivity contribution >= 4 is 45.9 Å². The van der Waals surface area contributed by atoms with Gasteiger partial charge in [0, 0.05) is 20.6 Å². The Balaban J connectivity index is 2.90. The van der Waals surface area contributed by atoms with Crippen LogP contribution in [0.4, 0.5) is 5.00 Å². The highest BCUT2D eigenvalue weighted by atomic mass is 32.1. The lowest BCUT2D eigenvalue weighted by molar-refractivity contribution is -0.139. The van der Waals surface area contributed by atoms with Crippen molar-refractivity contribution in [2.24, 2.45) is 0 Å². The number of carbonyl (C=O) groups is 5. The fourth-order valence-electron chi connectivity index (χ4n) is 2.33. The van der Waals surface area contributed by atoms with Crippen LogP contribution in [-0.4, -0.2) is 68.3 Å². The van der Waals surface area contributed by atoms with Gasteiger partial charge in [0.25, 0.3) is 5.91 Å². The Morgan fingerprint density at radius 2 is 1.67 bits per heavy atom. The molecular weight excluding hydrogens is 412 g/mol. The Labute approximate surface area is 179 Å². The number of ether oxygens (including phenoxy) is 1. The van der Waals surface area contributed by atoms with Crippen molar-refractivity contribution < 1.29 is 28.7 Å². The van der Waals surface area contributed by atoms with Crippen molar-refractivity contribution in [2.45, 2.75) is 33.6 Å². The summed E-state index contributed by atoms with van der Waals surface area (Å²) in [6.07, 6.45) is 1.60. The molecule has 1 rings (SSSR count). The highest BCUT2D eigenvalue weighted by Crippen LogP contribution is 2.34. The van der Waals surface area contributed by atoms with Crippen LogP contribution in [0.2, 0.25) is 0 Å². The molecule has 0 aromatic carbocycles. The second-order valence-electron chi connectivity index (χ2n) is 6.52. The molecule has 4 amide bonds. The first kappa shape index (κ1) is 25.1. The summed E-state index contributed by atoms with van der Waals surface area (Å²) >= 11 is 0.943. The largest absolute Gasteiger partial charge is 0.462 e. The fraction of sp³-hybridized carbons (Fsp3) is 0.526. The maximum absolute atomic E-state index is 12.4. The van der Waals surface area contributed by atoms with Gasteiger partial charge in [-0.25, -0.2) is 4.79 Å². The second-order valence-corrected chi connectivity index (χ2v) is 7.54. The van der Waals surface area contributed by atoms with E-state index in [1.54, 1.807) is 27.9 Å². The monoisotopic (exact) mass is 440 g/mol. The minimum absolute atomic E-state index is 0.0871. The third kappa shape index (κ3) is 6.83. The van der Waals surface area contributed by atoms with E-state index in [1.165, 1.54) is 4.90 Å². The van der Waals surface area contributed by atoms with Crippen molar-refractivity contribution in [3.63, 3.8) is 0 Å². The van der Waals surface area contributed by atoms with Gasteiger partial charge in [-0.2, -0.15) is 0 Å². The maximum atomic E-state index is 12.4. The van der Waals surface area contributed by atoms with Crippen LogP contribution < -0.4 is 16.0 Å². The molecule has 0 unspecified atom stereocenters. The Hall–Kier alpha value is -2.95. The Bertz CT molecular complexity index is 818. The number of anilines is 1. The summed E-state index contributed by atoms with van der Waals surface area (Å²) in [7, 11) is 3.15. The van der Waals surface area contributed by atoms with Crippen LogP contribution in [0.1, 0.15) is 52.3 Å². The van der Waals surface area contributed by atoms with E-state index in [4.69, 9.17) is 4.74 Å². The summed E-state index contributed by atoms with van der Waals surface area (Å²) in [5, 5.41) is 7.32. The summed E-state index contributed by atoms with van der Waals surface area (Å²) in [6, 6.07) is 0. The number of esters is 1. The van der Waals surface area contributed by atoms with Crippen molar-refractivity contribution in [3.8, 4) is 0 Å². The summed E-state index contributed by atoms with van der Waals surface area (Å²) in [5.74, 6) is -3.40. The number of amides is 4. The van der Waals surface area contributed by atoms with Gasteiger partial charge in [0.2, 0.25) is 5.91 Å². The molecule has 1 aromatic heterocycles. The molecule has 1 heterocycles. The van der Waals surface area contributed by atoms with Gasteiger partial charge in [-0.15, -0.1) is 11.3 Å². The van der Waals surface area contributed by atoms with E-state index in [0.717, 1.165) is 24.2 Å². The molecule has 0 aliphatic rings. The van der Waals surface area contributed by atoms with Crippen LogP contribution in [0, 0.1) is 6.92 Å². The minimum Gasteiger partial charge on any atom is -0.462 e. The molecule has 30 heavy (non-hydrogen) atoms. The van der Waals surface area contributed by atoms with Gasteiger partial charge >= 0.3 is 17.8 Å². The zero-order chi connectivity index (χ0) is 22.8. The molecule has 1 aromatic rings. The predicted molar refractivity (Wildman–Crippen MR) is 113 cm³/mol. The highest BCUT2D eigenvalue weighted by molar-refractivity contribution is 7.18. The molecule has 10 nitrogen and oxygen atoms in total. The zero-order valence-corrected chi connectivity index (χ0v) is 18.7. The number of carbonyl (C=O) groups excluding carboxylic acids is 5. The Morgan fingerprint density at radius 1 is 1.03 bits per heavy atom. The number of thiophene rings is 1. The maximum Gasteiger partial charge on any atom is 0.341 e. The van der Waals surface area contributed by atoms with Crippen molar-refractivity contribution in [2.75, 3.05) is 39.1 Å². The molecule has 0 atom stereocenters. The average molecular weight is 441 g/mol. The van der Waals surface area contributed by atoms with Crippen LogP contribution in [-0.2, 0) is 19.1 Å². The molecule has 0 saturated heterocycles. The summed E-state index contributed by atoms with van der Waals surface area (Å²) in [6.45, 7) is 5.21. The molecule has 0 aliphatic carbocycles. The van der Waals surface area contributed by atoms with E-state index >= 15 is 0 Å². The summed E-state index contributed by atoms with van der Waals surface area (Å²) in [5.41, 5.74) is 0.482. The van der Waals surface area contributed by atoms with E-state index in [1.807, 2.05) is 6.92 Å². The van der Waals surface area contributed by atoms with E-state index < -0.39 is 30.2 Å². The lowest BCUT2D eigenvalue weighted by atomic mass is 10.1. The number of rotatable bonds is 9. The predicted octanol–water partition coefficient (Wildman–Crippen LogP) is 0.906. The second kappa shape index (κ2) is 11.9. The zero-order valence-electron chi connectivity index (χ0n) is 17.8. The Kier molecular flexibility index (Phi) is 9.96. The molecule has 0 bridgehead atoms. The minimum atomic E-state index is -0.933. The lowest BCUT2D eigenvalue weighted by Gasteiger charge is -2.09. The molecule has 0 saturated carbocycles. The standard InChI is InChI=1S/C19H28N4O6S/c1-6-8-9-20-15(25)16(26)21-10-12(24)22-17-13(19(28)29-7-2)11(3)14(30-17)18(27)23(4)5/h6-10H2,1-5H3,(H,20,25)(H,21,26)(H,22,24). The van der Waals surface area contributed by atoms with Crippen molar-refractivity contribution in [1.29, 1.82) is 0 Å². The number of unbranched alkanes of at least 4 members (excludes halogenated alkanes) is 1. The van der Waals surface area contributed by atoms with Gasteiger partial charge in [0.15, 0.2) is 0 Å². The first-order chi connectivity index (χ1) is 14.1. The summed E-state index contributed by atoms with van der Waals surface area (Å²) in [4.78, 5) is 62.0. The summed E-state index contributed by atoms with van der Waals surface area (Å²) < 4.78 is 5.03. The van der Waals surface area contributed by atoms with Gasteiger partial charge in [0.05, 0.1) is 23.6 Å². The Morgan fingerprint density at radius 3 is 2.23 bits per heavy atom. The van der Waals surface area contributed by atoms with E-state index in [2.05, 4.69) is 16.0 Å². The molecule has 11 heteroatoms. The van der Waals surface area contributed by atoms with Crippen LogP contribution in [0.3, 0.4) is 0 Å². The highest BCUT2D eigenvalue weighted by Gasteiger charge is 2.27. The van der Waals surface area contributed by atoms with Crippen LogP contribution in [0.5, 0.6) is 0 Å². The van der Waals surface area contributed by atoms with Gasteiger partial charge in [0.1, 0.15) is 5.00 Å². The van der Waals surface area contributed by atoms with E-state index in [0.29, 0.717) is 12.1 Å². The van der Waals surface area contributed by atoms with Crippen LogP contribution >= 0.6 is 11.3 Å². The van der Waals surface area contributed by atoms with Crippen LogP contribution in [0.25, 0.3) is 0 Å². The van der Waals surface area contributed by atoms with Crippen LogP contribution in [0.15, 0.2) is 0 Å². The first-order valence-corrected chi connectivity index (χ1v) is 10.3. The lowest BCUT2D eigenvalue weighted by Crippen LogP contribution is -2.43. The normalized spacial score (nSPS) is 10.2. The third-order valence-corrected chi connectivity index (χ3v) is 5.11. The van der Waals surface area contributed by atoms with E-state index in [-0.39, 0.29) is 28.0 Å². The quantitative estimate of drug-likeness (QED) is 0.297. The molecule has 3 N–H and O–H groups in total. The smallest absolute Gasteiger partial charge is 0.341 e. The molecular formula is C19H28N4O6S. The topological polar surface area (TPSA) is 134 Å². The molecule has 0 aliphatic heterocycles. The van der Waals surface area contributed by atoms with E-state index in [9.17, 15) is 24.0 Å². The number of nitrogens with one attached hydrogen (secondary N) is 3. The third-order valence-electron chi connectivity index (χ3n) is 3.91. The molecule has 0 radical (unpaired) electrons. The number of hydrogen-bond acceptors (Lipinski definition) is 7. The van der Waals surface area contributed by atoms with Gasteiger partial charge in [-0.1, -0.05) is 13.3 Å². The van der Waals surface area contributed by atoms with Gasteiger partial charge < -0.3 is 25.6 Å². The number of nitrogens with zero attached hydrogens (tertiary/aromatic N) is 1.